The summed E-state index contributed by atoms with van der Waals surface area (Å²) in [5, 5.41) is 2.77. The van der Waals surface area contributed by atoms with Gasteiger partial charge >= 0.3 is 6.03 Å². The van der Waals surface area contributed by atoms with Gasteiger partial charge in [-0.05, 0) is 5.22 Å². The summed E-state index contributed by atoms with van der Waals surface area (Å²) in [6.07, 6.45) is 0. The van der Waals surface area contributed by atoms with Gasteiger partial charge in [0.15, 0.2) is 0 Å². The monoisotopic (exact) mass is 130 g/mol. The molecule has 3 N–H and O–H groups in total. The lowest BCUT2D eigenvalue weighted by Crippen LogP contribution is -2.39. The predicted octanol–water partition coefficient (Wildman–Crippen LogP) is -0.355. The lowest BCUT2D eigenvalue weighted by Gasteiger charge is -1.94. The molecule has 0 saturated carbocycles. The van der Waals surface area contributed by atoms with E-state index in [0.29, 0.717) is 0 Å². The van der Waals surface area contributed by atoms with Crippen LogP contribution in [0.15, 0.2) is 5.22 Å². The van der Waals surface area contributed by atoms with Crippen LogP contribution in [0.2, 0.25) is 0 Å². The van der Waals surface area contributed by atoms with Crippen molar-refractivity contribution in [3.8, 4) is 0 Å². The van der Waals surface area contributed by atoms with Crippen LogP contribution in [0.3, 0.4) is 0 Å². The molecule has 0 aliphatic heterocycles. The summed E-state index contributed by atoms with van der Waals surface area (Å²) >= 11 is 0. The SMILES string of the molecule is CNNC(=O)NN=[N+]=[N-]. The number of nitrogens with zero attached hydrogens (tertiary/aromatic N) is 3. The number of carbonyl (C=O) groups excluding carboxylic acids is 1. The Morgan fingerprint density at radius 1 is 1.78 bits per heavy atom. The highest BCUT2D eigenvalue weighted by atomic mass is 16.2. The van der Waals surface area contributed by atoms with E-state index in [9.17, 15) is 4.79 Å². The molecule has 0 fully saturated rings. The smallest absolute Gasteiger partial charge is 0.253 e. The van der Waals surface area contributed by atoms with E-state index in [1.165, 1.54) is 7.05 Å². The number of urea groups is 1. The van der Waals surface area contributed by atoms with Crippen molar-refractivity contribution in [2.75, 3.05) is 7.05 Å². The number of azide groups is 1. The van der Waals surface area contributed by atoms with Crippen molar-refractivity contribution in [1.29, 1.82) is 0 Å². The quantitative estimate of drug-likeness (QED) is 0.206. The van der Waals surface area contributed by atoms with E-state index in [2.05, 4.69) is 21.0 Å². The van der Waals surface area contributed by atoms with Crippen LogP contribution >= 0.6 is 0 Å². The van der Waals surface area contributed by atoms with Gasteiger partial charge in [-0.1, -0.05) is 0 Å². The topological polar surface area (TPSA) is 102 Å². The molecule has 0 atom stereocenters. The van der Waals surface area contributed by atoms with Crippen molar-refractivity contribution in [2.45, 2.75) is 0 Å². The van der Waals surface area contributed by atoms with Crippen LogP contribution in [0.5, 0.6) is 0 Å². The summed E-state index contributed by atoms with van der Waals surface area (Å²) in [7, 11) is 1.51. The number of rotatable bonds is 2. The Hall–Kier alpha value is -1.46. The van der Waals surface area contributed by atoms with E-state index >= 15 is 0 Å². The van der Waals surface area contributed by atoms with Crippen LogP contribution in [-0.2, 0) is 0 Å². The summed E-state index contributed by atoms with van der Waals surface area (Å²) in [5.74, 6) is 0. The maximum atomic E-state index is 10.3. The number of hydrogen-bond acceptors (Lipinski definition) is 3. The van der Waals surface area contributed by atoms with Gasteiger partial charge in [0.1, 0.15) is 0 Å². The Morgan fingerprint density at radius 3 is 2.89 bits per heavy atom. The summed E-state index contributed by atoms with van der Waals surface area (Å²) in [6, 6.07) is -0.602. The molecule has 0 aliphatic rings. The zero-order valence-electron chi connectivity index (χ0n) is 4.75. The Balaban J connectivity index is 3.38. The van der Waals surface area contributed by atoms with Crippen molar-refractivity contribution in [2.24, 2.45) is 5.22 Å². The molecule has 9 heavy (non-hydrogen) atoms. The molecule has 0 rings (SSSR count). The maximum Gasteiger partial charge on any atom is 0.423 e. The highest BCUT2D eigenvalue weighted by Crippen LogP contribution is 1.60. The molecule has 50 valence electrons. The van der Waals surface area contributed by atoms with Crippen molar-refractivity contribution >= 4 is 6.03 Å². The van der Waals surface area contributed by atoms with Crippen molar-refractivity contribution in [1.82, 2.24) is 16.3 Å². The van der Waals surface area contributed by atoms with Crippen molar-refractivity contribution in [3.63, 3.8) is 0 Å². The van der Waals surface area contributed by atoms with Gasteiger partial charge in [-0.3, -0.25) is 5.43 Å². The number of hydrazine groups is 1. The van der Waals surface area contributed by atoms with Gasteiger partial charge in [-0.25, -0.2) is 10.2 Å². The molecule has 0 radical (unpaired) electrons. The molecule has 0 aliphatic carbocycles. The first-order valence-corrected chi connectivity index (χ1v) is 2.08. The summed E-state index contributed by atoms with van der Waals surface area (Å²) in [4.78, 5) is 12.5. The predicted molar refractivity (Wildman–Crippen MR) is 29.9 cm³/mol. The molecular weight excluding hydrogens is 124 g/mol. The van der Waals surface area contributed by atoms with E-state index in [4.69, 9.17) is 5.53 Å². The molecule has 0 aromatic rings. The number of nitrogens with one attached hydrogen (secondary N) is 3. The van der Waals surface area contributed by atoms with Crippen LogP contribution < -0.4 is 16.3 Å². The summed E-state index contributed by atoms with van der Waals surface area (Å²) in [5.41, 5.74) is 14.0. The van der Waals surface area contributed by atoms with Crippen molar-refractivity contribution < 1.29 is 4.79 Å². The molecule has 0 saturated heterocycles. The third-order valence-electron chi connectivity index (χ3n) is 0.435. The van der Waals surface area contributed by atoms with Gasteiger partial charge < -0.3 is 0 Å². The third-order valence-corrected chi connectivity index (χ3v) is 0.435. The standard InChI is InChI=1S/C2H6N6O/c1-4-5-2(9)6-8-7-3/h4H,1H3,(H2,5,6,9). The minimum absolute atomic E-state index is 0.602. The lowest BCUT2D eigenvalue weighted by atomic mass is 11.1. The van der Waals surface area contributed by atoms with E-state index in [-0.39, 0.29) is 0 Å². The molecule has 7 nitrogen and oxygen atoms in total. The minimum atomic E-state index is -0.602. The largest absolute Gasteiger partial charge is 0.423 e. The van der Waals surface area contributed by atoms with Crippen LogP contribution in [0.4, 0.5) is 4.79 Å². The lowest BCUT2D eigenvalue weighted by molar-refractivity contribution is 0.238. The first-order chi connectivity index (χ1) is 4.31. The van der Waals surface area contributed by atoms with Gasteiger partial charge in [0.05, 0.1) is 0 Å². The number of amides is 2. The fourth-order valence-electron chi connectivity index (χ4n) is 0.209. The highest BCUT2D eigenvalue weighted by Gasteiger charge is 1.94. The average Bonchev–Trinajstić information content (AvgIpc) is 1.85. The third kappa shape index (κ3) is 4.39. The van der Waals surface area contributed by atoms with Crippen LogP contribution in [0.1, 0.15) is 0 Å². The first kappa shape index (κ1) is 7.54. The fraction of sp³-hybridized carbons (Fsp3) is 0.500. The number of hydrogen-bond donors (Lipinski definition) is 3. The van der Waals surface area contributed by atoms with Gasteiger partial charge in [0.2, 0.25) is 0 Å². The zero-order valence-corrected chi connectivity index (χ0v) is 4.75. The van der Waals surface area contributed by atoms with E-state index < -0.39 is 6.03 Å². The average molecular weight is 130 g/mol. The Labute approximate surface area is 51.0 Å². The van der Waals surface area contributed by atoms with Crippen LogP contribution in [0, 0.1) is 0 Å². The van der Waals surface area contributed by atoms with Gasteiger partial charge in [0.25, 0.3) is 0 Å². The van der Waals surface area contributed by atoms with Crippen LogP contribution in [-0.4, -0.2) is 13.1 Å². The molecule has 0 spiro atoms. The molecule has 2 amide bonds. The highest BCUT2D eigenvalue weighted by molar-refractivity contribution is 5.72. The molecule has 0 bridgehead atoms. The Morgan fingerprint density at radius 2 is 2.44 bits per heavy atom. The molecule has 7 heteroatoms. The summed E-state index contributed by atoms with van der Waals surface area (Å²) < 4.78 is 0. The maximum absolute atomic E-state index is 10.3. The van der Waals surface area contributed by atoms with E-state index in [0.717, 1.165) is 0 Å². The minimum Gasteiger partial charge on any atom is -0.253 e. The fourth-order valence-corrected chi connectivity index (χ4v) is 0.209. The van der Waals surface area contributed by atoms with Crippen molar-refractivity contribution in [3.05, 3.63) is 10.4 Å². The summed E-state index contributed by atoms with van der Waals surface area (Å²) in [6.45, 7) is 0. The van der Waals surface area contributed by atoms with E-state index in [1.807, 2.05) is 5.43 Å². The second kappa shape index (κ2) is 4.69. The molecule has 0 unspecified atom stereocenters. The second-order valence-electron chi connectivity index (χ2n) is 1.01. The van der Waals surface area contributed by atoms with Crippen LogP contribution in [0.25, 0.3) is 10.4 Å². The molecular formula is C2H6N6O. The van der Waals surface area contributed by atoms with Gasteiger partial charge in [0, 0.05) is 7.05 Å². The van der Waals surface area contributed by atoms with Gasteiger partial charge in [-0.15, -0.1) is 5.53 Å². The number of carbonyl (C=O) groups is 1. The molecule has 0 aromatic heterocycles. The van der Waals surface area contributed by atoms with Gasteiger partial charge in [-0.2, -0.15) is 10.3 Å². The molecule has 0 heterocycles. The molecule has 0 aromatic carbocycles. The van der Waals surface area contributed by atoms with E-state index in [1.54, 1.807) is 0 Å². The Bertz CT molecular complexity index is 136. The normalized spacial score (nSPS) is 7.22. The second-order valence-corrected chi connectivity index (χ2v) is 1.01. The Kier molecular flexibility index (Phi) is 3.93. The zero-order chi connectivity index (χ0) is 7.11. The first-order valence-electron chi connectivity index (χ1n) is 2.08.